The number of anilines is 1. The first-order valence-corrected chi connectivity index (χ1v) is 8.72. The van der Waals surface area contributed by atoms with Crippen LogP contribution in [0.4, 0.5) is 27.6 Å². The molecule has 1 aromatic carbocycles. The van der Waals surface area contributed by atoms with Gasteiger partial charge in [0.1, 0.15) is 16.5 Å². The van der Waals surface area contributed by atoms with Crippen molar-refractivity contribution >= 4 is 15.7 Å². The lowest BCUT2D eigenvalue weighted by Gasteiger charge is -2.12. The molecule has 12 heteroatoms. The molecule has 3 aromatic rings. The van der Waals surface area contributed by atoms with Gasteiger partial charge in [-0.25, -0.2) is 22.2 Å². The number of rotatable bonds is 4. The molecule has 0 spiro atoms. The van der Waals surface area contributed by atoms with Crippen molar-refractivity contribution in [3.63, 3.8) is 0 Å². The van der Waals surface area contributed by atoms with Crippen LogP contribution in [-0.4, -0.2) is 23.0 Å². The molecule has 0 bridgehead atoms. The van der Waals surface area contributed by atoms with Gasteiger partial charge in [0.2, 0.25) is 0 Å². The molecule has 2 heterocycles. The Balaban J connectivity index is 1.93. The highest BCUT2D eigenvalue weighted by Crippen LogP contribution is 2.34. The van der Waals surface area contributed by atoms with Crippen LogP contribution >= 0.6 is 0 Å². The predicted octanol–water partition coefficient (Wildman–Crippen LogP) is 3.51. The first kappa shape index (κ1) is 18.9. The van der Waals surface area contributed by atoms with E-state index in [2.05, 4.69) is 9.97 Å². The van der Waals surface area contributed by atoms with Crippen molar-refractivity contribution in [2.24, 2.45) is 7.05 Å². The Kier molecular flexibility index (Phi) is 4.46. The summed E-state index contributed by atoms with van der Waals surface area (Å²) in [5.41, 5.74) is -2.44. The van der Waals surface area contributed by atoms with Crippen LogP contribution in [0.3, 0.4) is 0 Å². The minimum atomic E-state index is -5.11. The zero-order chi connectivity index (χ0) is 20.0. The Morgan fingerprint density at radius 3 is 2.44 bits per heavy atom. The number of sulfonamides is 1. The molecule has 3 rings (SSSR count). The Bertz CT molecular complexity index is 1100. The highest BCUT2D eigenvalue weighted by Gasteiger charge is 2.35. The maximum absolute atomic E-state index is 13.9. The molecule has 0 aliphatic carbocycles. The highest BCUT2D eigenvalue weighted by atomic mass is 32.2. The SMILES string of the molecule is Cn1ccnc1-c1cc(S(=O)(=O)Nc2cc(F)c(C(F)(F)F)cc2F)c[nH]1. The van der Waals surface area contributed by atoms with Crippen LogP contribution in [0.1, 0.15) is 5.56 Å². The molecular formula is C15H11F5N4O2S. The van der Waals surface area contributed by atoms with Crippen molar-refractivity contribution in [3.8, 4) is 11.5 Å². The van der Waals surface area contributed by atoms with E-state index >= 15 is 0 Å². The number of aromatic nitrogens is 3. The van der Waals surface area contributed by atoms with Gasteiger partial charge in [-0.15, -0.1) is 0 Å². The molecule has 0 aliphatic rings. The van der Waals surface area contributed by atoms with Crippen LogP contribution in [0.25, 0.3) is 11.5 Å². The lowest BCUT2D eigenvalue weighted by molar-refractivity contribution is -0.140. The molecule has 0 unspecified atom stereocenters. The average molecular weight is 406 g/mol. The second kappa shape index (κ2) is 6.37. The zero-order valence-corrected chi connectivity index (χ0v) is 14.3. The van der Waals surface area contributed by atoms with Gasteiger partial charge in [0.25, 0.3) is 10.0 Å². The number of aromatic amines is 1. The largest absolute Gasteiger partial charge is 0.419 e. The fourth-order valence-electron chi connectivity index (χ4n) is 2.33. The summed E-state index contributed by atoms with van der Waals surface area (Å²) in [5.74, 6) is -2.94. The number of nitrogens with zero attached hydrogens (tertiary/aromatic N) is 2. The lowest BCUT2D eigenvalue weighted by atomic mass is 10.2. The zero-order valence-electron chi connectivity index (χ0n) is 13.5. The van der Waals surface area contributed by atoms with E-state index in [4.69, 9.17) is 0 Å². The molecule has 0 aliphatic heterocycles. The summed E-state index contributed by atoms with van der Waals surface area (Å²) in [7, 11) is -2.71. The third-order valence-corrected chi connectivity index (χ3v) is 4.98. The second-order valence-electron chi connectivity index (χ2n) is 5.53. The van der Waals surface area contributed by atoms with E-state index in [1.165, 1.54) is 12.3 Å². The van der Waals surface area contributed by atoms with Gasteiger partial charge in [0.15, 0.2) is 5.82 Å². The second-order valence-corrected chi connectivity index (χ2v) is 7.21. The Labute approximate surface area is 149 Å². The maximum Gasteiger partial charge on any atom is 0.419 e. The van der Waals surface area contributed by atoms with E-state index in [-0.39, 0.29) is 17.0 Å². The van der Waals surface area contributed by atoms with Crippen molar-refractivity contribution in [2.75, 3.05) is 4.72 Å². The van der Waals surface area contributed by atoms with Crippen molar-refractivity contribution in [1.29, 1.82) is 0 Å². The third-order valence-electron chi connectivity index (χ3n) is 3.64. The fraction of sp³-hybridized carbons (Fsp3) is 0.133. The summed E-state index contributed by atoms with van der Waals surface area (Å²) in [5, 5.41) is 0. The Hall–Kier alpha value is -2.89. The standard InChI is InChI=1S/C15H11F5N4O2S/c1-24-3-2-21-14(24)13-4-8(7-22-13)27(25,26)23-12-6-10(16)9(5-11(12)17)15(18,19)20/h2-7,22-23H,1H3. The minimum absolute atomic E-state index is 0.108. The number of imidazole rings is 1. The molecule has 0 atom stereocenters. The molecule has 0 amide bonds. The van der Waals surface area contributed by atoms with Gasteiger partial charge in [-0.2, -0.15) is 13.2 Å². The number of hydrogen-bond acceptors (Lipinski definition) is 3. The summed E-state index contributed by atoms with van der Waals surface area (Å²) in [4.78, 5) is 6.37. The number of H-pyrrole nitrogens is 1. The maximum atomic E-state index is 13.9. The molecule has 0 radical (unpaired) electrons. The molecule has 0 saturated carbocycles. The fourth-order valence-corrected chi connectivity index (χ4v) is 3.38. The van der Waals surface area contributed by atoms with Crippen LogP contribution in [0.15, 0.2) is 41.7 Å². The van der Waals surface area contributed by atoms with Gasteiger partial charge in [-0.1, -0.05) is 0 Å². The van der Waals surface area contributed by atoms with Gasteiger partial charge >= 0.3 is 6.18 Å². The van der Waals surface area contributed by atoms with Crippen molar-refractivity contribution in [1.82, 2.24) is 14.5 Å². The first-order valence-electron chi connectivity index (χ1n) is 7.24. The van der Waals surface area contributed by atoms with E-state index in [0.29, 0.717) is 11.5 Å². The number of hydrogen-bond donors (Lipinski definition) is 2. The Morgan fingerprint density at radius 2 is 1.85 bits per heavy atom. The van der Waals surface area contributed by atoms with Crippen molar-refractivity contribution in [3.05, 3.63) is 54.0 Å². The first-order chi connectivity index (χ1) is 12.5. The number of nitrogens with one attached hydrogen (secondary N) is 2. The monoisotopic (exact) mass is 406 g/mol. The predicted molar refractivity (Wildman–Crippen MR) is 85.2 cm³/mol. The minimum Gasteiger partial charge on any atom is -0.357 e. The molecule has 6 nitrogen and oxygen atoms in total. The van der Waals surface area contributed by atoms with Gasteiger partial charge < -0.3 is 9.55 Å². The van der Waals surface area contributed by atoms with Crippen LogP contribution < -0.4 is 4.72 Å². The van der Waals surface area contributed by atoms with Crippen LogP contribution in [0.2, 0.25) is 0 Å². The molecule has 27 heavy (non-hydrogen) atoms. The van der Waals surface area contributed by atoms with Crippen LogP contribution in [0, 0.1) is 11.6 Å². The molecule has 0 fully saturated rings. The van der Waals surface area contributed by atoms with Crippen molar-refractivity contribution < 1.29 is 30.4 Å². The van der Waals surface area contributed by atoms with Gasteiger partial charge in [-0.05, 0) is 12.1 Å². The van der Waals surface area contributed by atoms with E-state index < -0.39 is 39.1 Å². The molecule has 144 valence electrons. The van der Waals surface area contributed by atoms with Gasteiger partial charge in [0, 0.05) is 31.7 Å². The lowest BCUT2D eigenvalue weighted by Crippen LogP contribution is -2.15. The average Bonchev–Trinajstić information content (AvgIpc) is 3.18. The third kappa shape index (κ3) is 3.65. The molecule has 2 aromatic heterocycles. The summed E-state index contributed by atoms with van der Waals surface area (Å²) in [6.07, 6.45) is -0.906. The van der Waals surface area contributed by atoms with E-state index in [0.717, 1.165) is 6.20 Å². The number of aryl methyl sites for hydroxylation is 1. The normalized spacial score (nSPS) is 12.4. The molecule has 2 N–H and O–H groups in total. The van der Waals surface area contributed by atoms with E-state index in [9.17, 15) is 30.4 Å². The highest BCUT2D eigenvalue weighted by molar-refractivity contribution is 7.92. The molecule has 0 saturated heterocycles. The summed E-state index contributed by atoms with van der Waals surface area (Å²) >= 11 is 0. The van der Waals surface area contributed by atoms with E-state index in [1.807, 2.05) is 0 Å². The topological polar surface area (TPSA) is 79.8 Å². The number of benzene rings is 1. The summed E-state index contributed by atoms with van der Waals surface area (Å²) < 4.78 is 93.2. The molecular weight excluding hydrogens is 395 g/mol. The number of halogens is 5. The van der Waals surface area contributed by atoms with Gasteiger partial charge in [0.05, 0.1) is 16.9 Å². The quantitative estimate of drug-likeness (QED) is 0.651. The van der Waals surface area contributed by atoms with E-state index in [1.54, 1.807) is 22.5 Å². The van der Waals surface area contributed by atoms with Gasteiger partial charge in [-0.3, -0.25) is 4.72 Å². The van der Waals surface area contributed by atoms with Crippen LogP contribution in [0.5, 0.6) is 0 Å². The van der Waals surface area contributed by atoms with Crippen LogP contribution in [-0.2, 0) is 23.2 Å². The smallest absolute Gasteiger partial charge is 0.357 e. The summed E-state index contributed by atoms with van der Waals surface area (Å²) in [6.45, 7) is 0. The number of alkyl halides is 3. The Morgan fingerprint density at radius 1 is 1.15 bits per heavy atom. The van der Waals surface area contributed by atoms with Crippen molar-refractivity contribution in [2.45, 2.75) is 11.1 Å². The summed E-state index contributed by atoms with van der Waals surface area (Å²) in [6, 6.07) is 1.23.